The zero-order valence-electron chi connectivity index (χ0n) is 71.7. The van der Waals surface area contributed by atoms with Crippen LogP contribution in [0.4, 0.5) is 0 Å². The summed E-state index contributed by atoms with van der Waals surface area (Å²) in [5, 5.41) is 91.3. The van der Waals surface area contributed by atoms with Gasteiger partial charge in [-0.05, 0) is 146 Å². The zero-order chi connectivity index (χ0) is 92.1. The van der Waals surface area contributed by atoms with Crippen molar-refractivity contribution < 1.29 is 122 Å². The maximum absolute atomic E-state index is 14.7. The number of nitrogens with one attached hydrogen (secondary N) is 13. The van der Waals surface area contributed by atoms with E-state index in [2.05, 4.69) is 69.1 Å². The van der Waals surface area contributed by atoms with E-state index in [9.17, 15) is 117 Å². The minimum absolute atomic E-state index is 0.00424. The number of nitrogens with two attached hydrogens (primary N) is 3. The van der Waals surface area contributed by atoms with E-state index in [1.165, 1.54) is 35.5 Å². The Balaban J connectivity index is 1.71. The first-order chi connectivity index (χ1) is 57.3. The normalized spacial score (nSPS) is 18.4. The van der Waals surface area contributed by atoms with Crippen molar-refractivity contribution in [2.24, 2.45) is 46.8 Å². The minimum atomic E-state index is -1.81. The number of hydrogen-bond acceptors (Lipinski definition) is 25. The fourth-order valence-electron chi connectivity index (χ4n) is 14.1. The van der Waals surface area contributed by atoms with Gasteiger partial charge in [0, 0.05) is 32.5 Å². The van der Waals surface area contributed by atoms with Crippen LogP contribution < -0.4 is 86.3 Å². The van der Waals surface area contributed by atoms with E-state index in [4.69, 9.17) is 22.3 Å². The van der Waals surface area contributed by atoms with Gasteiger partial charge in [0.2, 0.25) is 94.5 Å². The molecule has 0 saturated carbocycles. The second-order valence-corrected chi connectivity index (χ2v) is 33.0. The van der Waals surface area contributed by atoms with Gasteiger partial charge in [0.25, 0.3) is 0 Å². The summed E-state index contributed by atoms with van der Waals surface area (Å²) in [4.78, 5) is 260. The Morgan fingerprint density at radius 3 is 1.14 bits per heavy atom. The highest BCUT2D eigenvalue weighted by atomic mass is 16.4. The van der Waals surface area contributed by atoms with Gasteiger partial charge in [-0.15, -0.1) is 0 Å². The van der Waals surface area contributed by atoms with Gasteiger partial charge in [0.1, 0.15) is 84.6 Å². The SMILES string of the molecule is CC(C)C[C@H](NC(=O)[C@H](CO)NC(=O)[C@@H](NC(=O)[C@@H](NC(=O)[C@@H](NC(=O)[C@@H]1CCCN1C(=O)[C@@H](NC(=O)[C@@H]1CCCN1C(=O)[C@H](CC(C)C)NC(=O)[C@H](CCCCN)NC(=O)[C@H](CO)NC(=O)[C@@H](N)CCCCN)C(C)C)C(C)C)[C@@H](C)O)C(C)C)C(=O)N1CCC[C@H]1C(=O)NCC(=O)NCC(=O)N[C@@H](CCC(=O)O)C(=O)N[C@@H](CCC(=O)O)C(=O)O. The van der Waals surface area contributed by atoms with Gasteiger partial charge in [-0.3, -0.25) is 86.3 Å². The molecule has 0 aromatic carbocycles. The van der Waals surface area contributed by atoms with Gasteiger partial charge in [-0.1, -0.05) is 75.7 Å². The summed E-state index contributed by atoms with van der Waals surface area (Å²) in [7, 11) is 0. The number of rotatable bonds is 54. The Morgan fingerprint density at radius 1 is 0.361 bits per heavy atom. The van der Waals surface area contributed by atoms with Crippen LogP contribution in [-0.2, 0) is 91.1 Å². The van der Waals surface area contributed by atoms with Crippen molar-refractivity contribution in [1.29, 1.82) is 0 Å². The van der Waals surface area contributed by atoms with Crippen molar-refractivity contribution in [2.45, 2.75) is 288 Å². The summed E-state index contributed by atoms with van der Waals surface area (Å²) in [5.41, 5.74) is 17.3. The lowest BCUT2D eigenvalue weighted by Gasteiger charge is -2.34. The second-order valence-electron chi connectivity index (χ2n) is 33.0. The van der Waals surface area contributed by atoms with Gasteiger partial charge < -0.3 is 132 Å². The molecule has 122 heavy (non-hydrogen) atoms. The van der Waals surface area contributed by atoms with Gasteiger partial charge in [0.05, 0.1) is 38.4 Å². The number of amides is 16. The van der Waals surface area contributed by atoms with Crippen LogP contribution in [0.25, 0.3) is 0 Å². The molecule has 3 heterocycles. The standard InChI is InChI=1S/C78H133N19O25/c1-39(2)33-49(87-65(108)46(20-13-15-29-80)85-67(110)51(37-98)89-64(107)45(81)19-12-14-28-79)76(119)96-31-17-22-54(96)71(114)93-62(43(9)10)77(120)97-32-18-23-55(97)70(113)91-61(42(7)8)73(116)94-63(44(11)100)74(117)92-60(41(5)6)72(115)90-52(38-99)68(111)88-50(34-40(3)4)75(118)95-30-16-21-53(95)69(112)83-35-56(101)82-36-57(102)84-47(24-26-58(103)104)66(109)86-48(78(121)122)25-27-59(105)106/h39-55,60-63,98-100H,12-38,79-81H2,1-11H3,(H,82,101)(H,83,112)(H,84,102)(H,85,110)(H,86,109)(H,87,108)(H,88,111)(H,89,107)(H,90,115)(H,91,113)(H,92,117)(H,93,114)(H,94,116)(H,103,104)(H,105,106)(H,121,122)/t44-,45+,46+,47+,48+,49+,50+,51+,52+,53+,54+,55+,60+,61+,62+,63+/m1/s1. The summed E-state index contributed by atoms with van der Waals surface area (Å²) in [5.74, 6) is -20.9. The molecule has 16 atom stereocenters. The number of carbonyl (C=O) groups excluding carboxylic acids is 16. The third kappa shape index (κ3) is 34.5. The van der Waals surface area contributed by atoms with E-state index in [1.54, 1.807) is 41.5 Å². The third-order valence-corrected chi connectivity index (χ3v) is 20.9. The lowest BCUT2D eigenvalue weighted by Crippen LogP contribution is -2.63. The van der Waals surface area contributed by atoms with Crippen LogP contribution in [0.5, 0.6) is 0 Å². The average molecular weight is 1740 g/mol. The van der Waals surface area contributed by atoms with E-state index in [-0.39, 0.29) is 89.4 Å². The van der Waals surface area contributed by atoms with Crippen molar-refractivity contribution in [3.05, 3.63) is 0 Å². The van der Waals surface area contributed by atoms with Crippen LogP contribution in [0.3, 0.4) is 0 Å². The minimum Gasteiger partial charge on any atom is -0.481 e. The molecule has 690 valence electrons. The van der Waals surface area contributed by atoms with E-state index >= 15 is 0 Å². The molecule has 0 spiro atoms. The molecule has 0 unspecified atom stereocenters. The number of carbonyl (C=O) groups is 19. The summed E-state index contributed by atoms with van der Waals surface area (Å²) in [6.07, 6.45) is -0.323. The highest BCUT2D eigenvalue weighted by molar-refractivity contribution is 6.01. The summed E-state index contributed by atoms with van der Waals surface area (Å²) >= 11 is 0. The third-order valence-electron chi connectivity index (χ3n) is 20.9. The molecule has 0 aromatic heterocycles. The lowest BCUT2D eigenvalue weighted by molar-refractivity contribution is -0.145. The van der Waals surface area contributed by atoms with Crippen LogP contribution in [0.1, 0.15) is 192 Å². The number of unbranched alkanes of at least 4 members (excludes halogenated alkanes) is 2. The topological polar surface area (TPSA) is 690 Å². The summed E-state index contributed by atoms with van der Waals surface area (Å²) in [6, 6.07) is -21.0. The van der Waals surface area contributed by atoms with E-state index in [0.717, 1.165) is 0 Å². The molecule has 3 fully saturated rings. The molecule has 3 rings (SSSR count). The number of aliphatic hydroxyl groups excluding tert-OH is 3. The van der Waals surface area contributed by atoms with Crippen molar-refractivity contribution >= 4 is 112 Å². The van der Waals surface area contributed by atoms with Crippen molar-refractivity contribution in [3.8, 4) is 0 Å². The van der Waals surface area contributed by atoms with Gasteiger partial charge >= 0.3 is 17.9 Å². The maximum Gasteiger partial charge on any atom is 0.326 e. The van der Waals surface area contributed by atoms with E-state index < -0.39 is 279 Å². The molecular weight excluding hydrogens is 1600 g/mol. The molecule has 3 saturated heterocycles. The molecule has 3 aliphatic rings. The molecule has 44 heteroatoms. The average Bonchev–Trinajstić information content (AvgIpc) is 1.62. The predicted octanol–water partition coefficient (Wildman–Crippen LogP) is -6.65. The molecule has 0 aliphatic carbocycles. The van der Waals surface area contributed by atoms with Crippen molar-refractivity contribution in [3.63, 3.8) is 0 Å². The molecule has 0 bridgehead atoms. The molecular formula is C78H133N19O25. The first-order valence-electron chi connectivity index (χ1n) is 41.9. The van der Waals surface area contributed by atoms with Crippen molar-refractivity contribution in [2.75, 3.05) is 59.0 Å². The van der Waals surface area contributed by atoms with Gasteiger partial charge in [-0.25, -0.2) is 4.79 Å². The summed E-state index contributed by atoms with van der Waals surface area (Å²) < 4.78 is 0. The zero-order valence-corrected chi connectivity index (χ0v) is 71.7. The van der Waals surface area contributed by atoms with Gasteiger partial charge in [0.15, 0.2) is 0 Å². The second kappa shape index (κ2) is 52.9. The molecule has 16 amide bonds. The first kappa shape index (κ1) is 106. The number of nitrogens with zero attached hydrogens (tertiary/aromatic N) is 3. The molecule has 0 radical (unpaired) electrons. The largest absolute Gasteiger partial charge is 0.481 e. The molecule has 44 nitrogen and oxygen atoms in total. The number of likely N-dealkylation sites (tertiary alicyclic amines) is 3. The fourth-order valence-corrected chi connectivity index (χ4v) is 14.1. The highest BCUT2D eigenvalue weighted by Gasteiger charge is 2.46. The van der Waals surface area contributed by atoms with Gasteiger partial charge in [-0.2, -0.15) is 0 Å². The number of aliphatic carboxylic acids is 3. The molecule has 0 aromatic rings. The lowest BCUT2D eigenvalue weighted by atomic mass is 9.99. The van der Waals surface area contributed by atoms with Crippen LogP contribution in [0.2, 0.25) is 0 Å². The molecule has 3 aliphatic heterocycles. The monoisotopic (exact) mass is 1740 g/mol. The van der Waals surface area contributed by atoms with E-state index in [1.807, 2.05) is 13.8 Å². The summed E-state index contributed by atoms with van der Waals surface area (Å²) in [6.45, 7) is 15.1. The number of carboxylic acid groups (broad SMARTS) is 3. The maximum atomic E-state index is 14.7. The van der Waals surface area contributed by atoms with E-state index in [0.29, 0.717) is 45.1 Å². The Morgan fingerprint density at radius 2 is 0.713 bits per heavy atom. The van der Waals surface area contributed by atoms with Crippen molar-refractivity contribution in [1.82, 2.24) is 83.8 Å². The van der Waals surface area contributed by atoms with Crippen LogP contribution in [0.15, 0.2) is 0 Å². The number of hydrogen-bond donors (Lipinski definition) is 22. The van der Waals surface area contributed by atoms with Crippen LogP contribution >= 0.6 is 0 Å². The Bertz CT molecular complexity index is 3610. The predicted molar refractivity (Wildman–Crippen MR) is 436 cm³/mol. The fraction of sp³-hybridized carbons (Fsp3) is 0.756. The smallest absolute Gasteiger partial charge is 0.326 e. The van der Waals surface area contributed by atoms with Crippen LogP contribution in [-0.4, -0.2) is 314 Å². The first-order valence-corrected chi connectivity index (χ1v) is 41.9. The van der Waals surface area contributed by atoms with Crippen LogP contribution in [0, 0.1) is 29.6 Å². The Labute approximate surface area is 709 Å². The Kier molecular flexibility index (Phi) is 45.9. The number of aliphatic hydroxyl groups is 3. The number of carboxylic acids is 3. The quantitative estimate of drug-likeness (QED) is 0.0252. The Hall–Kier alpha value is -10.3. The molecule has 25 N–H and O–H groups in total. The highest BCUT2D eigenvalue weighted by Crippen LogP contribution is 2.26.